The van der Waals surface area contributed by atoms with Crippen LogP contribution in [0.1, 0.15) is 47.0 Å². The fourth-order valence-electron chi connectivity index (χ4n) is 3.45. The molecule has 0 amide bonds. The highest BCUT2D eigenvalue weighted by Crippen LogP contribution is 2.45. The number of rotatable bonds is 3. The smallest absolute Gasteiger partial charge is 0.337 e. The Hall–Kier alpha value is -1.38. The summed E-state index contributed by atoms with van der Waals surface area (Å²) >= 11 is 0. The molecular formula is C17H25NO2. The summed E-state index contributed by atoms with van der Waals surface area (Å²) in [6.07, 6.45) is 5.24. The minimum absolute atomic E-state index is 0.0598. The van der Waals surface area contributed by atoms with Crippen LogP contribution in [-0.4, -0.2) is 23.8 Å². The van der Waals surface area contributed by atoms with Crippen molar-refractivity contribution in [2.75, 3.05) is 6.61 Å². The maximum absolute atomic E-state index is 11.7. The Balaban J connectivity index is 2.20. The normalized spacial score (nSPS) is 29.8. The van der Waals surface area contributed by atoms with Gasteiger partial charge >= 0.3 is 5.97 Å². The second kappa shape index (κ2) is 5.55. The minimum Gasteiger partial charge on any atom is -0.462 e. The zero-order chi connectivity index (χ0) is 14.9. The summed E-state index contributed by atoms with van der Waals surface area (Å²) in [5.41, 5.74) is 2.99. The number of carbonyl (C=O) groups excluding carboxylic acids is 1. The van der Waals surface area contributed by atoms with Gasteiger partial charge in [-0.15, -0.1) is 0 Å². The van der Waals surface area contributed by atoms with E-state index in [9.17, 15) is 4.79 Å². The van der Waals surface area contributed by atoms with E-state index >= 15 is 0 Å². The molecule has 0 spiro atoms. The van der Waals surface area contributed by atoms with Crippen LogP contribution < -0.4 is 0 Å². The lowest BCUT2D eigenvalue weighted by Gasteiger charge is -2.44. The summed E-state index contributed by atoms with van der Waals surface area (Å²) < 4.78 is 5.00. The van der Waals surface area contributed by atoms with E-state index in [1.165, 1.54) is 11.3 Å². The first-order valence-electron chi connectivity index (χ1n) is 7.48. The van der Waals surface area contributed by atoms with Gasteiger partial charge in [-0.3, -0.25) is 4.99 Å². The number of hydrogen-bond donors (Lipinski definition) is 0. The molecule has 0 radical (unpaired) electrons. The van der Waals surface area contributed by atoms with Gasteiger partial charge in [0.2, 0.25) is 0 Å². The fourth-order valence-corrected chi connectivity index (χ4v) is 3.45. The summed E-state index contributed by atoms with van der Waals surface area (Å²) in [7, 11) is 0. The van der Waals surface area contributed by atoms with Gasteiger partial charge in [0.05, 0.1) is 17.7 Å². The summed E-state index contributed by atoms with van der Waals surface area (Å²) in [6.45, 7) is 12.6. The number of hydrogen-bond acceptors (Lipinski definition) is 3. The van der Waals surface area contributed by atoms with Crippen LogP contribution in [0.25, 0.3) is 0 Å². The first-order valence-corrected chi connectivity index (χ1v) is 7.48. The molecule has 1 saturated carbocycles. The number of aliphatic imine (C=N–C) groups is 1. The van der Waals surface area contributed by atoms with Gasteiger partial charge in [-0.1, -0.05) is 12.2 Å². The number of esters is 1. The monoisotopic (exact) mass is 275 g/mol. The quantitative estimate of drug-likeness (QED) is 0.582. The van der Waals surface area contributed by atoms with Crippen LogP contribution in [0.5, 0.6) is 0 Å². The Labute approximate surface area is 121 Å². The van der Waals surface area contributed by atoms with Crippen molar-refractivity contribution in [2.45, 2.75) is 52.5 Å². The van der Waals surface area contributed by atoms with Crippen LogP contribution >= 0.6 is 0 Å². The molecule has 20 heavy (non-hydrogen) atoms. The van der Waals surface area contributed by atoms with Gasteiger partial charge in [0.1, 0.15) is 0 Å². The number of nitrogens with zero attached hydrogens (tertiary/aromatic N) is 1. The second-order valence-electron chi connectivity index (χ2n) is 6.40. The summed E-state index contributed by atoms with van der Waals surface area (Å²) in [5, 5.41) is 0. The van der Waals surface area contributed by atoms with Gasteiger partial charge in [0.15, 0.2) is 0 Å². The maximum Gasteiger partial charge on any atom is 0.337 e. The van der Waals surface area contributed by atoms with Crippen LogP contribution in [0, 0.1) is 11.8 Å². The van der Waals surface area contributed by atoms with Crippen molar-refractivity contribution >= 4 is 11.7 Å². The highest BCUT2D eigenvalue weighted by atomic mass is 16.5. The molecular weight excluding hydrogens is 250 g/mol. The van der Waals surface area contributed by atoms with Crippen LogP contribution in [0.2, 0.25) is 0 Å². The molecule has 1 fully saturated rings. The molecule has 3 nitrogen and oxygen atoms in total. The van der Waals surface area contributed by atoms with Gasteiger partial charge in [-0.05, 0) is 59.0 Å². The number of allylic oxidation sites excluding steroid dienone is 1. The average molecular weight is 275 g/mol. The first-order chi connectivity index (χ1) is 9.35. The lowest BCUT2D eigenvalue weighted by Crippen LogP contribution is -2.41. The Bertz CT molecular complexity index is 485. The summed E-state index contributed by atoms with van der Waals surface area (Å²) in [4.78, 5) is 16.5. The van der Waals surface area contributed by atoms with E-state index in [0.717, 1.165) is 19.3 Å². The topological polar surface area (TPSA) is 38.7 Å². The van der Waals surface area contributed by atoms with E-state index in [2.05, 4.69) is 27.4 Å². The van der Waals surface area contributed by atoms with Crippen LogP contribution in [0.15, 0.2) is 28.8 Å². The third-order valence-electron chi connectivity index (χ3n) is 4.61. The number of ether oxygens (including phenoxy) is 1. The van der Waals surface area contributed by atoms with Gasteiger partial charge in [0.25, 0.3) is 0 Å². The third-order valence-corrected chi connectivity index (χ3v) is 4.61. The molecule has 3 heteroatoms. The lowest BCUT2D eigenvalue weighted by molar-refractivity contribution is -0.138. The van der Waals surface area contributed by atoms with E-state index in [4.69, 9.17) is 9.73 Å². The minimum atomic E-state index is -0.312. The van der Waals surface area contributed by atoms with E-state index in [1.54, 1.807) is 0 Å². The predicted octanol–water partition coefficient (Wildman–Crippen LogP) is 3.70. The average Bonchev–Trinajstić information content (AvgIpc) is 2.37. The van der Waals surface area contributed by atoms with Gasteiger partial charge in [-0.25, -0.2) is 4.79 Å². The van der Waals surface area contributed by atoms with Crippen molar-refractivity contribution in [3.05, 3.63) is 23.8 Å². The van der Waals surface area contributed by atoms with Crippen molar-refractivity contribution in [2.24, 2.45) is 16.8 Å². The number of fused-ring (bicyclic) bond motifs is 2. The van der Waals surface area contributed by atoms with E-state index in [1.807, 2.05) is 13.0 Å². The zero-order valence-electron chi connectivity index (χ0n) is 13.0. The van der Waals surface area contributed by atoms with E-state index in [-0.39, 0.29) is 11.5 Å². The van der Waals surface area contributed by atoms with Crippen molar-refractivity contribution in [3.63, 3.8) is 0 Å². The Morgan fingerprint density at radius 1 is 1.55 bits per heavy atom. The highest BCUT2D eigenvalue weighted by molar-refractivity contribution is 5.92. The summed E-state index contributed by atoms with van der Waals surface area (Å²) in [6, 6.07) is 0. The molecule has 2 rings (SSSR count). The Morgan fingerprint density at radius 3 is 2.90 bits per heavy atom. The maximum atomic E-state index is 11.7. The molecule has 2 aliphatic rings. The molecule has 2 unspecified atom stereocenters. The molecule has 1 heterocycles. The van der Waals surface area contributed by atoms with Gasteiger partial charge in [0, 0.05) is 11.6 Å². The van der Waals surface area contributed by atoms with Crippen LogP contribution in [0.3, 0.4) is 0 Å². The molecule has 1 aliphatic heterocycles. The molecule has 0 aromatic carbocycles. The largest absolute Gasteiger partial charge is 0.462 e. The standard InChI is InChI=1S/C17H25NO2/c1-6-20-16(19)11(2)9-13-7-8-14-10-15(13)12(3)18-17(14,4)5/h9,14-15H,2,6-8,10H2,1,3-5H3/b13-9-. The number of carbonyl (C=O) groups is 1. The predicted molar refractivity (Wildman–Crippen MR) is 81.9 cm³/mol. The zero-order valence-corrected chi connectivity index (χ0v) is 13.0. The molecule has 2 atom stereocenters. The Kier molecular flexibility index (Phi) is 4.17. The molecule has 0 N–H and O–H groups in total. The second-order valence-corrected chi connectivity index (χ2v) is 6.40. The molecule has 2 bridgehead atoms. The van der Waals surface area contributed by atoms with Gasteiger partial charge < -0.3 is 4.74 Å². The fraction of sp³-hybridized carbons (Fsp3) is 0.647. The van der Waals surface area contributed by atoms with E-state index < -0.39 is 0 Å². The summed E-state index contributed by atoms with van der Waals surface area (Å²) in [5.74, 6) is 0.713. The van der Waals surface area contributed by atoms with Crippen LogP contribution in [-0.2, 0) is 9.53 Å². The first kappa shape index (κ1) is 15.0. The molecule has 1 aliphatic carbocycles. The van der Waals surface area contributed by atoms with Gasteiger partial charge in [-0.2, -0.15) is 0 Å². The highest BCUT2D eigenvalue weighted by Gasteiger charge is 2.40. The van der Waals surface area contributed by atoms with Crippen LogP contribution in [0.4, 0.5) is 0 Å². The lowest BCUT2D eigenvalue weighted by atomic mass is 9.66. The molecule has 110 valence electrons. The van der Waals surface area contributed by atoms with Crippen molar-refractivity contribution < 1.29 is 9.53 Å². The molecule has 0 aromatic rings. The van der Waals surface area contributed by atoms with Crippen molar-refractivity contribution in [3.8, 4) is 0 Å². The van der Waals surface area contributed by atoms with Crippen molar-refractivity contribution in [1.82, 2.24) is 0 Å². The Morgan fingerprint density at radius 2 is 2.25 bits per heavy atom. The third kappa shape index (κ3) is 2.87. The van der Waals surface area contributed by atoms with E-state index in [0.29, 0.717) is 24.0 Å². The molecule has 0 saturated heterocycles. The van der Waals surface area contributed by atoms with Crippen molar-refractivity contribution in [1.29, 1.82) is 0 Å². The molecule has 0 aromatic heterocycles. The SMILES string of the molecule is C=C(/C=C1/CCC2CC1C(C)=NC2(C)C)C(=O)OCC.